The molecule has 26 heavy (non-hydrogen) atoms. The van der Waals surface area contributed by atoms with Gasteiger partial charge in [0.1, 0.15) is 17.0 Å². The molecule has 2 aliphatic rings. The van der Waals surface area contributed by atoms with E-state index >= 15 is 0 Å². The van der Waals surface area contributed by atoms with Gasteiger partial charge in [-0.15, -0.1) is 11.3 Å². The van der Waals surface area contributed by atoms with Crippen molar-refractivity contribution in [1.82, 2.24) is 15.0 Å². The highest BCUT2D eigenvalue weighted by Crippen LogP contribution is 2.40. The molecular weight excluding hydrogens is 344 g/mol. The molecule has 0 aliphatic carbocycles. The van der Waals surface area contributed by atoms with E-state index in [-0.39, 0.29) is 5.60 Å². The van der Waals surface area contributed by atoms with Crippen molar-refractivity contribution in [2.45, 2.75) is 64.7 Å². The van der Waals surface area contributed by atoms with E-state index in [9.17, 15) is 0 Å². The maximum absolute atomic E-state index is 5.98. The lowest BCUT2D eigenvalue weighted by Gasteiger charge is -2.34. The molecule has 0 N–H and O–H groups in total. The van der Waals surface area contributed by atoms with Crippen molar-refractivity contribution in [2.75, 3.05) is 11.4 Å². The average Bonchev–Trinajstić information content (AvgIpc) is 2.97. The summed E-state index contributed by atoms with van der Waals surface area (Å²) in [6, 6.07) is 2.77. The van der Waals surface area contributed by atoms with E-state index in [2.05, 4.69) is 41.7 Å². The van der Waals surface area contributed by atoms with Gasteiger partial charge < -0.3 is 9.64 Å². The minimum absolute atomic E-state index is 0.140. The molecule has 136 valence electrons. The second-order valence-corrected chi connectivity index (χ2v) is 9.19. The highest BCUT2D eigenvalue weighted by atomic mass is 32.1. The highest BCUT2D eigenvalue weighted by Gasteiger charge is 2.29. The summed E-state index contributed by atoms with van der Waals surface area (Å²) in [7, 11) is 0. The summed E-state index contributed by atoms with van der Waals surface area (Å²) in [6.07, 6.45) is 6.34. The number of hydrogen-bond acceptors (Lipinski definition) is 6. The van der Waals surface area contributed by atoms with Gasteiger partial charge in [0.05, 0.1) is 28.1 Å². The average molecular weight is 369 g/mol. The zero-order chi connectivity index (χ0) is 17.9. The fourth-order valence-corrected chi connectivity index (χ4v) is 5.33. The van der Waals surface area contributed by atoms with Gasteiger partial charge in [-0.25, -0.2) is 15.0 Å². The molecule has 0 spiro atoms. The molecular formula is C20H24N4OS. The van der Waals surface area contributed by atoms with E-state index in [0.29, 0.717) is 12.6 Å². The molecule has 3 aromatic heterocycles. The molecule has 1 fully saturated rings. The number of hydrogen-bond donors (Lipinski definition) is 0. The van der Waals surface area contributed by atoms with Crippen LogP contribution in [-0.2, 0) is 17.8 Å². The summed E-state index contributed by atoms with van der Waals surface area (Å²) in [5.74, 6) is 1.08. The van der Waals surface area contributed by atoms with Crippen molar-refractivity contribution in [2.24, 2.45) is 0 Å². The van der Waals surface area contributed by atoms with Gasteiger partial charge in [-0.3, -0.25) is 0 Å². The van der Waals surface area contributed by atoms with Crippen LogP contribution in [0.3, 0.4) is 0 Å². The Morgan fingerprint density at radius 3 is 3.00 bits per heavy atom. The van der Waals surface area contributed by atoms with E-state index in [4.69, 9.17) is 9.72 Å². The quantitative estimate of drug-likeness (QED) is 0.634. The standard InChI is InChI=1S/C20H24N4OS/c1-12-6-4-5-7-24(12)18-17-16(21-11-22-18)14-8-13-10-25-20(2,3)9-15(13)23-19(14)26-17/h8,11-12H,4-7,9-10H2,1-3H3. The first-order valence-electron chi connectivity index (χ1n) is 9.48. The first-order chi connectivity index (χ1) is 12.5. The summed E-state index contributed by atoms with van der Waals surface area (Å²) < 4.78 is 7.16. The Labute approximate surface area is 157 Å². The van der Waals surface area contributed by atoms with Gasteiger partial charge in [-0.1, -0.05) is 0 Å². The Balaban J connectivity index is 1.68. The molecule has 0 aromatic carbocycles. The maximum Gasteiger partial charge on any atom is 0.150 e. The van der Waals surface area contributed by atoms with Crippen LogP contribution in [0.5, 0.6) is 0 Å². The van der Waals surface area contributed by atoms with Crippen molar-refractivity contribution >= 4 is 37.6 Å². The lowest BCUT2D eigenvalue weighted by molar-refractivity contribution is -0.0411. The predicted molar refractivity (Wildman–Crippen MR) is 106 cm³/mol. The smallest absolute Gasteiger partial charge is 0.150 e. The minimum atomic E-state index is -0.140. The second kappa shape index (κ2) is 5.86. The number of piperidine rings is 1. The Bertz CT molecular complexity index is 996. The van der Waals surface area contributed by atoms with E-state index < -0.39 is 0 Å². The lowest BCUT2D eigenvalue weighted by Crippen LogP contribution is -2.38. The number of aromatic nitrogens is 3. The third-order valence-electron chi connectivity index (χ3n) is 5.68. The van der Waals surface area contributed by atoms with Crippen LogP contribution < -0.4 is 4.90 Å². The largest absolute Gasteiger partial charge is 0.370 e. The minimum Gasteiger partial charge on any atom is -0.370 e. The summed E-state index contributed by atoms with van der Waals surface area (Å²) in [5.41, 5.74) is 3.26. The van der Waals surface area contributed by atoms with Gasteiger partial charge in [0, 0.05) is 30.0 Å². The second-order valence-electron chi connectivity index (χ2n) is 8.19. The Morgan fingerprint density at radius 1 is 1.27 bits per heavy atom. The number of anilines is 1. The normalized spacial score (nSPS) is 22.7. The first-order valence-corrected chi connectivity index (χ1v) is 10.3. The number of nitrogens with zero attached hydrogens (tertiary/aromatic N) is 4. The molecule has 3 aromatic rings. The first kappa shape index (κ1) is 16.4. The van der Waals surface area contributed by atoms with Crippen LogP contribution in [0.15, 0.2) is 12.4 Å². The third-order valence-corrected chi connectivity index (χ3v) is 6.77. The third kappa shape index (κ3) is 2.58. The molecule has 1 atom stereocenters. The summed E-state index contributed by atoms with van der Waals surface area (Å²) in [6.45, 7) is 8.27. The van der Waals surface area contributed by atoms with E-state index in [1.165, 1.54) is 35.2 Å². The number of ether oxygens (including phenoxy) is 1. The van der Waals surface area contributed by atoms with Crippen LogP contribution >= 0.6 is 11.3 Å². The number of thiophene rings is 1. The van der Waals surface area contributed by atoms with Gasteiger partial charge in [0.25, 0.3) is 0 Å². The topological polar surface area (TPSA) is 51.1 Å². The van der Waals surface area contributed by atoms with Crippen molar-refractivity contribution in [1.29, 1.82) is 0 Å². The van der Waals surface area contributed by atoms with Crippen LogP contribution in [0.2, 0.25) is 0 Å². The molecule has 1 saturated heterocycles. The van der Waals surface area contributed by atoms with E-state index in [1.54, 1.807) is 17.7 Å². The summed E-state index contributed by atoms with van der Waals surface area (Å²) in [4.78, 5) is 17.8. The fourth-order valence-electron chi connectivity index (χ4n) is 4.19. The maximum atomic E-state index is 5.98. The predicted octanol–water partition coefficient (Wildman–Crippen LogP) is 4.47. The Morgan fingerprint density at radius 2 is 2.15 bits per heavy atom. The van der Waals surface area contributed by atoms with E-state index in [1.807, 2.05) is 0 Å². The van der Waals surface area contributed by atoms with Gasteiger partial charge in [0.15, 0.2) is 0 Å². The lowest BCUT2D eigenvalue weighted by atomic mass is 9.95. The zero-order valence-corrected chi connectivity index (χ0v) is 16.4. The summed E-state index contributed by atoms with van der Waals surface area (Å²) >= 11 is 1.74. The van der Waals surface area contributed by atoms with Crippen LogP contribution in [0.1, 0.15) is 51.3 Å². The van der Waals surface area contributed by atoms with Gasteiger partial charge in [0.2, 0.25) is 0 Å². The molecule has 0 amide bonds. The van der Waals surface area contributed by atoms with Crippen molar-refractivity contribution < 1.29 is 4.74 Å². The Hall–Kier alpha value is -1.79. The molecule has 5 nitrogen and oxygen atoms in total. The SMILES string of the molecule is CC1CCCCN1c1ncnc2c1sc1nc3c(cc12)COC(C)(C)C3. The molecule has 0 saturated carbocycles. The van der Waals surface area contributed by atoms with Crippen molar-refractivity contribution in [3.63, 3.8) is 0 Å². The van der Waals surface area contributed by atoms with Gasteiger partial charge in [-0.2, -0.15) is 0 Å². The van der Waals surface area contributed by atoms with Crippen LogP contribution in [0, 0.1) is 0 Å². The molecule has 5 heterocycles. The number of rotatable bonds is 1. The van der Waals surface area contributed by atoms with Crippen LogP contribution in [-0.4, -0.2) is 33.1 Å². The van der Waals surface area contributed by atoms with Crippen LogP contribution in [0.4, 0.5) is 5.82 Å². The van der Waals surface area contributed by atoms with Gasteiger partial charge in [-0.05, 0) is 46.1 Å². The fraction of sp³-hybridized carbons (Fsp3) is 0.550. The van der Waals surface area contributed by atoms with Crippen molar-refractivity contribution in [3.8, 4) is 0 Å². The zero-order valence-electron chi connectivity index (χ0n) is 15.6. The molecule has 5 rings (SSSR count). The molecule has 0 radical (unpaired) electrons. The van der Waals surface area contributed by atoms with E-state index in [0.717, 1.165) is 34.5 Å². The number of fused-ring (bicyclic) bond motifs is 4. The van der Waals surface area contributed by atoms with Crippen LogP contribution in [0.25, 0.3) is 20.4 Å². The molecule has 6 heteroatoms. The molecule has 0 bridgehead atoms. The van der Waals surface area contributed by atoms with Crippen molar-refractivity contribution in [3.05, 3.63) is 23.7 Å². The molecule has 2 aliphatic heterocycles. The summed E-state index contributed by atoms with van der Waals surface area (Å²) in [5, 5.41) is 1.14. The van der Waals surface area contributed by atoms with Gasteiger partial charge >= 0.3 is 0 Å². The highest BCUT2D eigenvalue weighted by molar-refractivity contribution is 7.25. The molecule has 1 unspecified atom stereocenters. The Kier molecular flexibility index (Phi) is 3.69. The number of pyridine rings is 1. The monoisotopic (exact) mass is 368 g/mol.